The molecule has 5 rings (SSSR count). The van der Waals surface area contributed by atoms with Crippen LogP contribution in [0.5, 0.6) is 0 Å². The minimum atomic E-state index is -1.24. The van der Waals surface area contributed by atoms with Crippen molar-refractivity contribution >= 4 is 41.1 Å². The van der Waals surface area contributed by atoms with Crippen LogP contribution in [0.4, 0.5) is 0 Å². The topological polar surface area (TPSA) is 90.0 Å². The molecule has 2 N–H and O–H groups in total. The maximum atomic E-state index is 13.6. The van der Waals surface area contributed by atoms with Gasteiger partial charge in [-0.3, -0.25) is 19.8 Å². The van der Waals surface area contributed by atoms with Crippen LogP contribution in [0.3, 0.4) is 0 Å². The summed E-state index contributed by atoms with van der Waals surface area (Å²) >= 11 is 7.46. The van der Waals surface area contributed by atoms with Crippen molar-refractivity contribution in [1.29, 1.82) is 0 Å². The number of thioether (sulfide) groups is 1. The lowest BCUT2D eigenvalue weighted by molar-refractivity contribution is -0.160. The van der Waals surface area contributed by atoms with Crippen molar-refractivity contribution < 1.29 is 19.5 Å². The van der Waals surface area contributed by atoms with Crippen LogP contribution in [0.25, 0.3) is 0 Å². The predicted octanol–water partition coefficient (Wildman–Crippen LogP) is 2.68. The summed E-state index contributed by atoms with van der Waals surface area (Å²) in [6, 6.07) is 17.4. The number of nitrogens with zero attached hydrogens (tertiary/aromatic N) is 2. The fourth-order valence-electron chi connectivity index (χ4n) is 4.35. The van der Waals surface area contributed by atoms with E-state index in [1.807, 2.05) is 60.7 Å². The average molecular weight is 456 g/mol. The fourth-order valence-corrected chi connectivity index (χ4v) is 5.95. The van der Waals surface area contributed by atoms with Gasteiger partial charge in [-0.1, -0.05) is 72.3 Å². The van der Waals surface area contributed by atoms with E-state index >= 15 is 0 Å². The summed E-state index contributed by atoms with van der Waals surface area (Å²) < 4.78 is 0. The molecule has 4 atom stereocenters. The lowest BCUT2D eigenvalue weighted by Gasteiger charge is -2.52. The van der Waals surface area contributed by atoms with Gasteiger partial charge >= 0.3 is 5.97 Å². The standard InChI is InChI=1S/C22H18ClN3O4S/c23-14-11-31-21-17(20(28)26(21)16(14)22(29)30)25-18(13-9-5-2-6-10-13)24-15(19(25)27)12-7-3-1-4-8-12/h1-10,15,17-18,21,24H,11H2,(H,29,30)/t15?,17-,18?,21-/m1/s1. The molecule has 0 aromatic heterocycles. The Morgan fingerprint density at radius 1 is 1.00 bits per heavy atom. The number of carbonyl (C=O) groups excluding carboxylic acids is 2. The Kier molecular flexibility index (Phi) is 5.00. The van der Waals surface area contributed by atoms with Gasteiger partial charge in [-0.15, -0.1) is 11.8 Å². The number of aliphatic carboxylic acids is 1. The molecular formula is C22H18ClN3O4S. The van der Waals surface area contributed by atoms with E-state index in [1.54, 1.807) is 4.90 Å². The SMILES string of the molecule is O=C(O)C1=C(Cl)CS[C@@H]2[C@H](N3C(=O)C(c4ccccc4)NC3c3ccccc3)C(=O)N12. The van der Waals surface area contributed by atoms with Crippen molar-refractivity contribution in [2.24, 2.45) is 0 Å². The summed E-state index contributed by atoms with van der Waals surface area (Å²) in [5.41, 5.74) is 1.47. The maximum absolute atomic E-state index is 13.6. The smallest absolute Gasteiger partial charge is 0.353 e. The number of nitrogens with one attached hydrogen (secondary N) is 1. The monoisotopic (exact) mass is 455 g/mol. The van der Waals surface area contributed by atoms with Gasteiger partial charge in [0.2, 0.25) is 5.91 Å². The summed E-state index contributed by atoms with van der Waals surface area (Å²) in [5, 5.41) is 12.5. The van der Waals surface area contributed by atoms with E-state index in [0.717, 1.165) is 11.1 Å². The molecule has 0 radical (unpaired) electrons. The third kappa shape index (κ3) is 3.13. The first kappa shape index (κ1) is 20.1. The van der Waals surface area contributed by atoms with Crippen LogP contribution in [0, 0.1) is 0 Å². The first-order valence-corrected chi connectivity index (χ1v) is 11.2. The van der Waals surface area contributed by atoms with Crippen LogP contribution in [0.15, 0.2) is 71.4 Å². The third-order valence-electron chi connectivity index (χ3n) is 5.75. The van der Waals surface area contributed by atoms with Crippen molar-refractivity contribution in [3.05, 3.63) is 82.5 Å². The molecule has 0 aliphatic carbocycles. The van der Waals surface area contributed by atoms with Gasteiger partial charge in [0.05, 0.1) is 5.03 Å². The molecule has 2 fully saturated rings. The summed E-state index contributed by atoms with van der Waals surface area (Å²) in [6.07, 6.45) is -0.509. The number of hydrogen-bond donors (Lipinski definition) is 2. The molecule has 3 heterocycles. The molecule has 0 bridgehead atoms. The molecule has 0 spiro atoms. The highest BCUT2D eigenvalue weighted by atomic mass is 35.5. The third-order valence-corrected chi connectivity index (χ3v) is 7.48. The van der Waals surface area contributed by atoms with E-state index in [1.165, 1.54) is 16.7 Å². The van der Waals surface area contributed by atoms with E-state index in [4.69, 9.17) is 11.6 Å². The first-order chi connectivity index (χ1) is 15.0. The molecule has 3 aliphatic rings. The largest absolute Gasteiger partial charge is 0.477 e. The lowest BCUT2D eigenvalue weighted by Crippen LogP contribution is -2.71. The van der Waals surface area contributed by atoms with Crippen LogP contribution in [-0.4, -0.2) is 49.9 Å². The highest BCUT2D eigenvalue weighted by Crippen LogP contribution is 2.47. The molecule has 2 unspecified atom stereocenters. The second kappa shape index (κ2) is 7.71. The zero-order valence-corrected chi connectivity index (χ0v) is 17.7. The molecule has 158 valence electrons. The number of benzene rings is 2. The van der Waals surface area contributed by atoms with Gasteiger partial charge in [-0.25, -0.2) is 4.79 Å². The zero-order chi connectivity index (χ0) is 21.7. The molecule has 7 nitrogen and oxygen atoms in total. The first-order valence-electron chi connectivity index (χ1n) is 9.74. The summed E-state index contributed by atoms with van der Waals surface area (Å²) in [7, 11) is 0. The van der Waals surface area contributed by atoms with Gasteiger partial charge in [-0.05, 0) is 11.1 Å². The maximum Gasteiger partial charge on any atom is 0.353 e. The van der Waals surface area contributed by atoms with Gasteiger partial charge in [0.15, 0.2) is 0 Å². The van der Waals surface area contributed by atoms with Crippen molar-refractivity contribution in [2.75, 3.05) is 5.75 Å². The van der Waals surface area contributed by atoms with E-state index in [2.05, 4.69) is 5.32 Å². The van der Waals surface area contributed by atoms with Crippen LogP contribution < -0.4 is 5.32 Å². The number of amides is 2. The lowest BCUT2D eigenvalue weighted by atomic mass is 10.0. The number of carboxylic acids is 1. The van der Waals surface area contributed by atoms with Crippen molar-refractivity contribution in [3.63, 3.8) is 0 Å². The Bertz CT molecular complexity index is 1090. The van der Waals surface area contributed by atoms with Gasteiger partial charge in [-0.2, -0.15) is 0 Å². The quantitative estimate of drug-likeness (QED) is 0.689. The molecule has 0 saturated carbocycles. The summed E-state index contributed by atoms with van der Waals surface area (Å²) in [4.78, 5) is 41.1. The molecular weight excluding hydrogens is 438 g/mol. The Balaban J connectivity index is 1.53. The molecule has 3 aliphatic heterocycles. The minimum Gasteiger partial charge on any atom is -0.477 e. The number of halogens is 1. The van der Waals surface area contributed by atoms with E-state index in [0.29, 0.717) is 0 Å². The second-order valence-corrected chi connectivity index (χ2v) is 9.04. The van der Waals surface area contributed by atoms with Crippen LogP contribution >= 0.6 is 23.4 Å². The predicted molar refractivity (Wildman–Crippen MR) is 116 cm³/mol. The highest BCUT2D eigenvalue weighted by molar-refractivity contribution is 8.00. The Labute approximate surface area is 187 Å². The van der Waals surface area contributed by atoms with Crippen molar-refractivity contribution in [3.8, 4) is 0 Å². The van der Waals surface area contributed by atoms with Crippen molar-refractivity contribution in [1.82, 2.24) is 15.1 Å². The van der Waals surface area contributed by atoms with E-state index in [9.17, 15) is 19.5 Å². The van der Waals surface area contributed by atoms with Crippen LogP contribution in [-0.2, 0) is 14.4 Å². The summed E-state index contributed by atoms with van der Waals surface area (Å²) in [6.45, 7) is 0. The molecule has 2 aromatic rings. The number of β-lactam (4-membered cyclic amide) rings is 1. The fraction of sp³-hybridized carbons (Fsp3) is 0.227. The number of hydrogen-bond acceptors (Lipinski definition) is 5. The van der Waals surface area contributed by atoms with Gasteiger partial charge < -0.3 is 10.0 Å². The number of carboxylic acid groups (broad SMARTS) is 1. The minimum absolute atomic E-state index is 0.133. The van der Waals surface area contributed by atoms with Crippen molar-refractivity contribution in [2.45, 2.75) is 23.6 Å². The second-order valence-electron chi connectivity index (χ2n) is 7.48. The van der Waals surface area contributed by atoms with E-state index in [-0.39, 0.29) is 22.4 Å². The van der Waals surface area contributed by atoms with Gasteiger partial charge in [0.1, 0.15) is 29.3 Å². The number of rotatable bonds is 4. The van der Waals surface area contributed by atoms with E-state index < -0.39 is 35.5 Å². The molecule has 9 heteroatoms. The Morgan fingerprint density at radius 2 is 1.61 bits per heavy atom. The number of carbonyl (C=O) groups is 3. The molecule has 2 amide bonds. The number of fused-ring (bicyclic) bond motifs is 1. The zero-order valence-electron chi connectivity index (χ0n) is 16.1. The van der Waals surface area contributed by atoms with Gasteiger partial charge in [0, 0.05) is 5.75 Å². The van der Waals surface area contributed by atoms with Crippen LogP contribution in [0.1, 0.15) is 23.3 Å². The van der Waals surface area contributed by atoms with Crippen LogP contribution in [0.2, 0.25) is 0 Å². The highest BCUT2D eigenvalue weighted by Gasteiger charge is 2.60. The normalized spacial score (nSPS) is 27.9. The average Bonchev–Trinajstić information content (AvgIpc) is 3.11. The molecule has 31 heavy (non-hydrogen) atoms. The molecule has 2 saturated heterocycles. The Morgan fingerprint density at radius 3 is 2.23 bits per heavy atom. The molecule has 2 aromatic carbocycles. The summed E-state index contributed by atoms with van der Waals surface area (Å²) in [5.74, 6) is -1.61. The van der Waals surface area contributed by atoms with Gasteiger partial charge in [0.25, 0.3) is 5.91 Å². The Hall–Kier alpha value is -2.81.